The third-order valence-electron chi connectivity index (χ3n) is 10.2. The molecule has 0 radical (unpaired) electrons. The van der Waals surface area contributed by atoms with Gasteiger partial charge in [0.2, 0.25) is 5.69 Å². The Morgan fingerprint density at radius 3 is 2.33 bits per heavy atom. The summed E-state index contributed by atoms with van der Waals surface area (Å²) in [6.07, 6.45) is 3.12. The maximum Gasteiger partial charge on any atom is 0.330 e. The van der Waals surface area contributed by atoms with Crippen LogP contribution >= 0.6 is 17.1 Å². The van der Waals surface area contributed by atoms with Crippen LogP contribution in [0.5, 0.6) is 0 Å². The molecule has 3 aromatic rings. The van der Waals surface area contributed by atoms with Crippen molar-refractivity contribution < 1.29 is 18.2 Å². The van der Waals surface area contributed by atoms with Crippen molar-refractivity contribution in [1.29, 1.82) is 0 Å². The van der Waals surface area contributed by atoms with Gasteiger partial charge < -0.3 is 18.2 Å². The highest BCUT2D eigenvalue weighted by atomic mass is 32.9. The number of hydrogen-bond donors (Lipinski definition) is 1. The normalized spacial score (nSPS) is 30.7. The van der Waals surface area contributed by atoms with Crippen LogP contribution in [0.25, 0.3) is 0 Å². The quantitative estimate of drug-likeness (QED) is 0.150. The average molecular weight is 727 g/mol. The highest BCUT2D eigenvalue weighted by Crippen LogP contribution is 2.76. The minimum absolute atomic E-state index is 0.0156. The molecule has 6 rings (SSSR count). The van der Waals surface area contributed by atoms with Gasteiger partial charge in [-0.3, -0.25) is 14.3 Å². The monoisotopic (exact) mass is 726 g/mol. The van der Waals surface area contributed by atoms with Crippen LogP contribution in [0.3, 0.4) is 0 Å². The van der Waals surface area contributed by atoms with Crippen LogP contribution in [0.2, 0.25) is 5.04 Å². The molecule has 8 nitrogen and oxygen atoms in total. The van der Waals surface area contributed by atoms with Crippen molar-refractivity contribution in [3.05, 3.63) is 105 Å². The Kier molecular flexibility index (Phi) is 10.1. The molecule has 0 amide bonds. The Bertz CT molecular complexity index is 1770. The van der Waals surface area contributed by atoms with Crippen LogP contribution in [0.15, 0.2) is 88.6 Å². The van der Waals surface area contributed by atoms with Crippen LogP contribution in [0, 0.1) is 12.8 Å². The molecule has 1 N–H and O–H groups in total. The Morgan fingerprint density at radius 1 is 1.12 bits per heavy atom. The zero-order chi connectivity index (χ0) is 34.5. The molecular weight excluding hydrogens is 680 g/mol. The van der Waals surface area contributed by atoms with E-state index in [9.17, 15) is 9.59 Å². The van der Waals surface area contributed by atoms with Gasteiger partial charge in [0.15, 0.2) is 0 Å². The highest BCUT2D eigenvalue weighted by molar-refractivity contribution is 8.68. The van der Waals surface area contributed by atoms with Gasteiger partial charge in [-0.2, -0.15) is 0 Å². The minimum Gasteiger partial charge on any atom is -0.405 e. The zero-order valence-electron chi connectivity index (χ0n) is 28.6. The molecule has 3 fully saturated rings. The SMILES string of the molecule is C=C(C)[C@H]1CC[C@@]2(C)S[P@@](=S)(O[C@H]3C[C@H](n4cc(C)c(=O)[nH]c4=O)O[C@@H]3CO[Si](c3ccccc3)(c3ccccc3)C(C)(C)C)O[C@@H]2C1. The van der Waals surface area contributed by atoms with E-state index in [1.807, 2.05) is 12.1 Å². The average Bonchev–Trinajstić information content (AvgIpc) is 3.54. The number of aromatic amines is 1. The Balaban J connectivity index is 1.34. The van der Waals surface area contributed by atoms with Crippen LogP contribution in [-0.2, 0) is 30.0 Å². The van der Waals surface area contributed by atoms with Crippen molar-refractivity contribution in [2.75, 3.05) is 6.61 Å². The molecule has 0 unspecified atom stereocenters. The first-order chi connectivity index (χ1) is 22.6. The summed E-state index contributed by atoms with van der Waals surface area (Å²) >= 11 is 7.92. The van der Waals surface area contributed by atoms with E-state index in [1.54, 1.807) is 24.5 Å². The molecule has 1 aromatic heterocycles. The van der Waals surface area contributed by atoms with E-state index in [0.29, 0.717) is 17.9 Å². The zero-order valence-corrected chi connectivity index (χ0v) is 32.2. The maximum atomic E-state index is 13.0. The third-order valence-corrected chi connectivity index (χ3v) is 21.0. The second kappa shape index (κ2) is 13.6. The van der Waals surface area contributed by atoms with Crippen molar-refractivity contribution in [3.8, 4) is 0 Å². The number of ether oxygens (including phenoxy) is 1. The first-order valence-corrected chi connectivity index (χ1v) is 22.7. The van der Waals surface area contributed by atoms with Gasteiger partial charge in [-0.05, 0) is 73.2 Å². The molecule has 2 aliphatic heterocycles. The van der Waals surface area contributed by atoms with E-state index in [0.717, 1.165) is 29.6 Å². The van der Waals surface area contributed by atoms with Crippen molar-refractivity contribution >= 4 is 47.6 Å². The van der Waals surface area contributed by atoms with Gasteiger partial charge >= 0.3 is 5.69 Å². The maximum absolute atomic E-state index is 13.0. The second-order valence-electron chi connectivity index (χ2n) is 14.7. The van der Waals surface area contributed by atoms with E-state index in [2.05, 4.69) is 94.7 Å². The van der Waals surface area contributed by atoms with Crippen molar-refractivity contribution in [2.45, 2.75) is 102 Å². The van der Waals surface area contributed by atoms with Gasteiger partial charge in [0.05, 0.1) is 18.8 Å². The molecule has 258 valence electrons. The number of H-pyrrole nitrogens is 1. The largest absolute Gasteiger partial charge is 0.405 e. The fourth-order valence-electron chi connectivity index (χ4n) is 7.50. The standard InChI is InChI=1S/C36H47N2O6PS2Si/c1-24(2)26-18-19-36(7)31(20-26)44-45(46,47-36)43-29-21-32(38-22-25(3)33(39)37-34(38)40)42-30(29)23-41-48(35(4,5)6,27-14-10-8-11-15-27)28-16-12-9-13-17-28/h8-17,22,26,29-32H,1,18-21,23H2,2-7H3,(H,37,39,40)/t26-,29-,30+,31+,32+,36+,45-/m0/s1. The Morgan fingerprint density at radius 2 is 1.75 bits per heavy atom. The molecular formula is C36H47N2O6PS2Si. The third kappa shape index (κ3) is 6.82. The van der Waals surface area contributed by atoms with Crippen molar-refractivity contribution in [1.82, 2.24) is 9.55 Å². The second-order valence-corrected chi connectivity index (χ2v) is 25.6. The number of aromatic nitrogens is 2. The lowest BCUT2D eigenvalue weighted by atomic mass is 9.77. The summed E-state index contributed by atoms with van der Waals surface area (Å²) in [5, 5.41) is 2.08. The van der Waals surface area contributed by atoms with E-state index in [4.69, 9.17) is 30.0 Å². The number of benzene rings is 2. The van der Waals surface area contributed by atoms with Gasteiger partial charge in [-0.15, -0.1) is 0 Å². The Hall–Kier alpha value is -2.08. The molecule has 12 heteroatoms. The predicted molar refractivity (Wildman–Crippen MR) is 200 cm³/mol. The van der Waals surface area contributed by atoms with Gasteiger partial charge in [0, 0.05) is 22.9 Å². The lowest BCUT2D eigenvalue weighted by molar-refractivity contribution is -0.0394. The van der Waals surface area contributed by atoms with Crippen LogP contribution in [-0.4, -0.2) is 47.5 Å². The number of aryl methyl sites for hydroxylation is 1. The van der Waals surface area contributed by atoms with E-state index >= 15 is 0 Å². The molecule has 0 bridgehead atoms. The lowest BCUT2D eigenvalue weighted by Gasteiger charge is -2.43. The molecule has 48 heavy (non-hydrogen) atoms. The number of fused-ring (bicyclic) bond motifs is 1. The lowest BCUT2D eigenvalue weighted by Crippen LogP contribution is -2.67. The first kappa shape index (κ1) is 35.7. The molecule has 3 aliphatic rings. The van der Waals surface area contributed by atoms with E-state index < -0.39 is 43.7 Å². The molecule has 7 atom stereocenters. The molecule has 3 heterocycles. The van der Waals surface area contributed by atoms with Crippen molar-refractivity contribution in [2.24, 2.45) is 5.92 Å². The van der Waals surface area contributed by atoms with Crippen LogP contribution < -0.4 is 21.6 Å². The number of nitrogens with one attached hydrogen (secondary N) is 1. The molecule has 0 spiro atoms. The summed E-state index contributed by atoms with van der Waals surface area (Å²) in [5.41, 5.74) is -2.13. The first-order valence-electron chi connectivity index (χ1n) is 16.7. The fourth-order valence-corrected chi connectivity index (χ4v) is 19.7. The minimum atomic E-state index is -2.91. The molecule has 2 saturated heterocycles. The molecule has 1 saturated carbocycles. The fraction of sp³-hybridized carbons (Fsp3) is 0.500. The predicted octanol–water partition coefficient (Wildman–Crippen LogP) is 6.59. The van der Waals surface area contributed by atoms with E-state index in [1.165, 1.54) is 10.1 Å². The number of allylic oxidation sites excluding steroid dienone is 1. The number of hydrogen-bond acceptors (Lipinski definition) is 8. The van der Waals surface area contributed by atoms with Gasteiger partial charge in [-0.25, -0.2) is 4.79 Å². The highest BCUT2D eigenvalue weighted by Gasteiger charge is 2.56. The summed E-state index contributed by atoms with van der Waals surface area (Å²) in [7, 11) is -2.91. The summed E-state index contributed by atoms with van der Waals surface area (Å²) < 4.78 is 28.9. The van der Waals surface area contributed by atoms with Crippen molar-refractivity contribution in [3.63, 3.8) is 0 Å². The van der Waals surface area contributed by atoms with Crippen LogP contribution in [0.1, 0.15) is 72.1 Å². The topological polar surface area (TPSA) is 91.8 Å². The summed E-state index contributed by atoms with van der Waals surface area (Å²) in [4.78, 5) is 27.7. The van der Waals surface area contributed by atoms with Gasteiger partial charge in [0.1, 0.15) is 12.3 Å². The summed E-state index contributed by atoms with van der Waals surface area (Å²) in [5.74, 6) is 0.410. The molecule has 2 aromatic carbocycles. The van der Waals surface area contributed by atoms with Crippen LogP contribution in [0.4, 0.5) is 0 Å². The summed E-state index contributed by atoms with van der Waals surface area (Å²) in [6, 6.07) is 20.9. The van der Waals surface area contributed by atoms with Gasteiger partial charge in [-0.1, -0.05) is 105 Å². The smallest absolute Gasteiger partial charge is 0.330 e. The number of nitrogens with zero attached hydrogens (tertiary/aromatic N) is 1. The van der Waals surface area contributed by atoms with Gasteiger partial charge in [0.25, 0.3) is 13.9 Å². The summed E-state index contributed by atoms with van der Waals surface area (Å²) in [6.45, 7) is 17.2. The molecule has 1 aliphatic carbocycles. The Labute approximate surface area is 293 Å². The number of rotatable bonds is 9. The van der Waals surface area contributed by atoms with E-state index in [-0.39, 0.29) is 22.5 Å².